The van der Waals surface area contributed by atoms with Crippen LogP contribution in [0.5, 0.6) is 0 Å². The van der Waals surface area contributed by atoms with Gasteiger partial charge in [-0.2, -0.15) is 0 Å². The van der Waals surface area contributed by atoms with E-state index in [9.17, 15) is 14.7 Å². The predicted octanol–water partition coefficient (Wildman–Crippen LogP) is 1.87. The first-order chi connectivity index (χ1) is 10.1. The number of hydrogen-bond donors (Lipinski definition) is 2. The van der Waals surface area contributed by atoms with Crippen molar-refractivity contribution in [1.29, 1.82) is 0 Å². The highest BCUT2D eigenvalue weighted by molar-refractivity contribution is 5.78. The van der Waals surface area contributed by atoms with Crippen LogP contribution in [-0.2, 0) is 9.59 Å². The standard InChI is InChI=1S/C16H28N2O3/c1-2-16(15(20)21)7-10-18(11-8-16)14(19)6-5-13-4-3-9-17-12-13/h13,17H,2-12H2,1H3,(H,20,21). The molecular formula is C16H28N2O3. The number of carboxylic acids is 1. The highest BCUT2D eigenvalue weighted by atomic mass is 16.4. The minimum Gasteiger partial charge on any atom is -0.481 e. The van der Waals surface area contributed by atoms with Crippen molar-refractivity contribution >= 4 is 11.9 Å². The molecule has 1 unspecified atom stereocenters. The molecule has 0 aromatic rings. The fourth-order valence-corrected chi connectivity index (χ4v) is 3.56. The Bertz CT molecular complexity index is 370. The zero-order chi connectivity index (χ0) is 15.3. The van der Waals surface area contributed by atoms with Gasteiger partial charge in [0.1, 0.15) is 0 Å². The lowest BCUT2D eigenvalue weighted by Crippen LogP contribution is -2.46. The third-order valence-electron chi connectivity index (χ3n) is 5.37. The number of amides is 1. The molecule has 2 rings (SSSR count). The van der Waals surface area contributed by atoms with E-state index in [1.807, 2.05) is 11.8 Å². The summed E-state index contributed by atoms with van der Waals surface area (Å²) < 4.78 is 0. The zero-order valence-corrected chi connectivity index (χ0v) is 13.1. The smallest absolute Gasteiger partial charge is 0.309 e. The van der Waals surface area contributed by atoms with Gasteiger partial charge in [0.05, 0.1) is 5.41 Å². The van der Waals surface area contributed by atoms with Gasteiger partial charge in [0.25, 0.3) is 0 Å². The van der Waals surface area contributed by atoms with Gasteiger partial charge < -0.3 is 15.3 Å². The van der Waals surface area contributed by atoms with Crippen LogP contribution in [0, 0.1) is 11.3 Å². The fourth-order valence-electron chi connectivity index (χ4n) is 3.56. The summed E-state index contributed by atoms with van der Waals surface area (Å²) in [6.45, 7) is 5.27. The molecule has 5 heteroatoms. The number of carbonyl (C=O) groups is 2. The number of likely N-dealkylation sites (tertiary alicyclic amines) is 1. The third-order valence-corrected chi connectivity index (χ3v) is 5.37. The molecule has 0 saturated carbocycles. The number of piperidine rings is 2. The van der Waals surface area contributed by atoms with Crippen LogP contribution in [0.1, 0.15) is 51.9 Å². The second-order valence-corrected chi connectivity index (χ2v) is 6.57. The van der Waals surface area contributed by atoms with Gasteiger partial charge in [0, 0.05) is 19.5 Å². The van der Waals surface area contributed by atoms with E-state index in [0.717, 1.165) is 19.5 Å². The summed E-state index contributed by atoms with van der Waals surface area (Å²) in [4.78, 5) is 25.5. The number of carboxylic acid groups (broad SMARTS) is 1. The third kappa shape index (κ3) is 3.96. The van der Waals surface area contributed by atoms with Crippen molar-refractivity contribution in [3.05, 3.63) is 0 Å². The Morgan fingerprint density at radius 1 is 1.33 bits per heavy atom. The number of aliphatic carboxylic acids is 1. The topological polar surface area (TPSA) is 69.6 Å². The summed E-state index contributed by atoms with van der Waals surface area (Å²) >= 11 is 0. The summed E-state index contributed by atoms with van der Waals surface area (Å²) in [6.07, 6.45) is 5.83. The largest absolute Gasteiger partial charge is 0.481 e. The highest BCUT2D eigenvalue weighted by Crippen LogP contribution is 2.35. The Labute approximate surface area is 127 Å². The fraction of sp³-hybridized carbons (Fsp3) is 0.875. The van der Waals surface area contributed by atoms with E-state index in [1.54, 1.807) is 0 Å². The molecule has 0 bridgehead atoms. The van der Waals surface area contributed by atoms with Crippen LogP contribution < -0.4 is 5.32 Å². The zero-order valence-electron chi connectivity index (χ0n) is 13.1. The van der Waals surface area contributed by atoms with Crippen LogP contribution in [-0.4, -0.2) is 48.1 Å². The molecule has 0 radical (unpaired) electrons. The van der Waals surface area contributed by atoms with Gasteiger partial charge in [-0.3, -0.25) is 9.59 Å². The first-order valence-electron chi connectivity index (χ1n) is 8.29. The van der Waals surface area contributed by atoms with E-state index in [-0.39, 0.29) is 5.91 Å². The number of carbonyl (C=O) groups excluding carboxylic acids is 1. The molecule has 2 fully saturated rings. The maximum atomic E-state index is 12.3. The van der Waals surface area contributed by atoms with E-state index in [1.165, 1.54) is 12.8 Å². The van der Waals surface area contributed by atoms with E-state index in [0.29, 0.717) is 44.7 Å². The molecule has 120 valence electrons. The first-order valence-corrected chi connectivity index (χ1v) is 8.29. The van der Waals surface area contributed by atoms with Crippen LogP contribution in [0.25, 0.3) is 0 Å². The van der Waals surface area contributed by atoms with Crippen molar-refractivity contribution < 1.29 is 14.7 Å². The number of hydrogen-bond acceptors (Lipinski definition) is 3. The average molecular weight is 296 g/mol. The maximum Gasteiger partial charge on any atom is 0.309 e. The predicted molar refractivity (Wildman–Crippen MR) is 81.0 cm³/mol. The first kappa shape index (κ1) is 16.3. The number of nitrogens with zero attached hydrogens (tertiary/aromatic N) is 1. The van der Waals surface area contributed by atoms with Gasteiger partial charge in [-0.15, -0.1) is 0 Å². The Morgan fingerprint density at radius 2 is 2.05 bits per heavy atom. The molecule has 0 spiro atoms. The molecule has 0 aliphatic carbocycles. The quantitative estimate of drug-likeness (QED) is 0.812. The normalized spacial score (nSPS) is 25.6. The number of rotatable bonds is 5. The van der Waals surface area contributed by atoms with Crippen LogP contribution in [0.4, 0.5) is 0 Å². The molecule has 0 aromatic heterocycles. The summed E-state index contributed by atoms with van der Waals surface area (Å²) in [7, 11) is 0. The molecule has 2 saturated heterocycles. The van der Waals surface area contributed by atoms with Crippen molar-refractivity contribution in [2.45, 2.75) is 51.9 Å². The Kier molecular flexibility index (Phi) is 5.62. The number of nitrogens with one attached hydrogen (secondary N) is 1. The summed E-state index contributed by atoms with van der Waals surface area (Å²) in [6, 6.07) is 0. The van der Waals surface area contributed by atoms with Crippen molar-refractivity contribution in [2.75, 3.05) is 26.2 Å². The van der Waals surface area contributed by atoms with E-state index >= 15 is 0 Å². The molecular weight excluding hydrogens is 268 g/mol. The second-order valence-electron chi connectivity index (χ2n) is 6.57. The molecule has 2 heterocycles. The monoisotopic (exact) mass is 296 g/mol. The van der Waals surface area contributed by atoms with E-state index in [4.69, 9.17) is 0 Å². The van der Waals surface area contributed by atoms with Crippen LogP contribution in [0.15, 0.2) is 0 Å². The van der Waals surface area contributed by atoms with E-state index in [2.05, 4.69) is 5.32 Å². The Morgan fingerprint density at radius 3 is 2.57 bits per heavy atom. The average Bonchev–Trinajstić information content (AvgIpc) is 2.53. The molecule has 1 atom stereocenters. The van der Waals surface area contributed by atoms with Crippen molar-refractivity contribution in [2.24, 2.45) is 11.3 Å². The van der Waals surface area contributed by atoms with Crippen molar-refractivity contribution in [3.8, 4) is 0 Å². The summed E-state index contributed by atoms with van der Waals surface area (Å²) in [5.41, 5.74) is -0.607. The molecule has 2 aliphatic rings. The Hall–Kier alpha value is -1.10. The van der Waals surface area contributed by atoms with Crippen molar-refractivity contribution in [1.82, 2.24) is 10.2 Å². The molecule has 1 amide bonds. The van der Waals surface area contributed by atoms with Crippen LogP contribution in [0.2, 0.25) is 0 Å². The SMILES string of the molecule is CCC1(C(=O)O)CCN(C(=O)CCC2CCCNC2)CC1. The lowest BCUT2D eigenvalue weighted by Gasteiger charge is -2.38. The van der Waals surface area contributed by atoms with Crippen molar-refractivity contribution in [3.63, 3.8) is 0 Å². The van der Waals surface area contributed by atoms with Gasteiger partial charge in [-0.05, 0) is 57.5 Å². The maximum absolute atomic E-state index is 12.3. The van der Waals surface area contributed by atoms with Gasteiger partial charge in [0.2, 0.25) is 5.91 Å². The summed E-state index contributed by atoms with van der Waals surface area (Å²) in [5, 5.41) is 12.8. The molecule has 2 aliphatic heterocycles. The lowest BCUT2D eigenvalue weighted by atomic mass is 9.76. The van der Waals surface area contributed by atoms with Crippen LogP contribution >= 0.6 is 0 Å². The molecule has 5 nitrogen and oxygen atoms in total. The highest BCUT2D eigenvalue weighted by Gasteiger charge is 2.40. The van der Waals surface area contributed by atoms with Gasteiger partial charge in [-0.1, -0.05) is 6.92 Å². The minimum atomic E-state index is -0.703. The molecule has 2 N–H and O–H groups in total. The Balaban J connectivity index is 1.76. The molecule has 0 aromatic carbocycles. The van der Waals surface area contributed by atoms with E-state index < -0.39 is 11.4 Å². The second kappa shape index (κ2) is 7.25. The van der Waals surface area contributed by atoms with Gasteiger partial charge in [0.15, 0.2) is 0 Å². The lowest BCUT2D eigenvalue weighted by molar-refractivity contribution is -0.154. The summed E-state index contributed by atoms with van der Waals surface area (Å²) in [5.74, 6) is 0.127. The van der Waals surface area contributed by atoms with Gasteiger partial charge >= 0.3 is 5.97 Å². The molecule has 21 heavy (non-hydrogen) atoms. The minimum absolute atomic E-state index is 0.204. The van der Waals surface area contributed by atoms with Gasteiger partial charge in [-0.25, -0.2) is 0 Å². The van der Waals surface area contributed by atoms with Crippen LogP contribution in [0.3, 0.4) is 0 Å².